The SMILES string of the molecule is CCOC(=O)/C(=C1\SN(C)N=C1C(C)(C)C)c1ncc(-c2ccccc2)o1. The van der Waals surface area contributed by atoms with Crippen LogP contribution in [0.25, 0.3) is 16.9 Å². The summed E-state index contributed by atoms with van der Waals surface area (Å²) in [5.41, 5.74) is 1.75. The molecule has 1 aromatic heterocycles. The van der Waals surface area contributed by atoms with Crippen LogP contribution in [0, 0.1) is 5.41 Å². The average Bonchev–Trinajstić information content (AvgIpc) is 3.23. The predicted molar refractivity (Wildman–Crippen MR) is 108 cm³/mol. The van der Waals surface area contributed by atoms with Gasteiger partial charge in [0.2, 0.25) is 5.89 Å². The molecule has 142 valence electrons. The summed E-state index contributed by atoms with van der Waals surface area (Å²) in [5.74, 6) is 0.370. The quantitative estimate of drug-likeness (QED) is 0.435. The minimum Gasteiger partial charge on any atom is -0.462 e. The van der Waals surface area contributed by atoms with Gasteiger partial charge in [0.15, 0.2) is 5.76 Å². The maximum Gasteiger partial charge on any atom is 0.344 e. The van der Waals surface area contributed by atoms with Crippen LogP contribution in [0.5, 0.6) is 0 Å². The predicted octanol–water partition coefficient (Wildman–Crippen LogP) is 4.61. The van der Waals surface area contributed by atoms with Gasteiger partial charge in [-0.25, -0.2) is 14.2 Å². The zero-order valence-corrected chi connectivity index (χ0v) is 17.0. The minimum absolute atomic E-state index is 0.238. The van der Waals surface area contributed by atoms with Crippen molar-refractivity contribution in [2.24, 2.45) is 10.5 Å². The first-order chi connectivity index (χ1) is 12.8. The molecule has 7 heteroatoms. The summed E-state index contributed by atoms with van der Waals surface area (Å²) in [6.45, 7) is 8.21. The van der Waals surface area contributed by atoms with Crippen LogP contribution in [-0.4, -0.2) is 34.7 Å². The van der Waals surface area contributed by atoms with Crippen molar-refractivity contribution in [3.63, 3.8) is 0 Å². The highest BCUT2D eigenvalue weighted by atomic mass is 32.2. The highest BCUT2D eigenvalue weighted by molar-refractivity contribution is 8.02. The molecule has 2 heterocycles. The van der Waals surface area contributed by atoms with E-state index in [1.807, 2.05) is 37.4 Å². The number of benzene rings is 1. The van der Waals surface area contributed by atoms with Gasteiger partial charge in [-0.05, 0) is 6.92 Å². The van der Waals surface area contributed by atoms with E-state index >= 15 is 0 Å². The average molecular weight is 385 g/mol. The van der Waals surface area contributed by atoms with Gasteiger partial charge < -0.3 is 9.15 Å². The number of carbonyl (C=O) groups excluding carboxylic acids is 1. The molecular formula is C20H23N3O3S. The molecule has 0 fully saturated rings. The van der Waals surface area contributed by atoms with Gasteiger partial charge in [0.1, 0.15) is 5.57 Å². The van der Waals surface area contributed by atoms with Gasteiger partial charge in [0.05, 0.1) is 23.4 Å². The fourth-order valence-electron chi connectivity index (χ4n) is 2.64. The minimum atomic E-state index is -0.464. The molecule has 6 nitrogen and oxygen atoms in total. The highest BCUT2D eigenvalue weighted by Crippen LogP contribution is 2.41. The summed E-state index contributed by atoms with van der Waals surface area (Å²) in [7, 11) is 1.84. The second-order valence-corrected chi connectivity index (χ2v) is 8.19. The summed E-state index contributed by atoms with van der Waals surface area (Å²) in [4.78, 5) is 17.9. The summed E-state index contributed by atoms with van der Waals surface area (Å²) >= 11 is 1.37. The fourth-order valence-corrected chi connectivity index (χ4v) is 3.72. The lowest BCUT2D eigenvalue weighted by Gasteiger charge is -2.19. The lowest BCUT2D eigenvalue weighted by Crippen LogP contribution is -2.22. The summed E-state index contributed by atoms with van der Waals surface area (Å²) < 4.78 is 13.0. The third kappa shape index (κ3) is 4.08. The fraction of sp³-hybridized carbons (Fsp3) is 0.350. The van der Waals surface area contributed by atoms with Crippen LogP contribution in [0.4, 0.5) is 0 Å². The van der Waals surface area contributed by atoms with E-state index < -0.39 is 5.97 Å². The van der Waals surface area contributed by atoms with Gasteiger partial charge in [0, 0.05) is 30.0 Å². The molecule has 0 bridgehead atoms. The molecule has 2 aromatic rings. The number of hydrogen-bond donors (Lipinski definition) is 0. The molecule has 0 aliphatic carbocycles. The third-order valence-electron chi connectivity index (χ3n) is 3.87. The number of allylic oxidation sites excluding steroid dienone is 1. The number of aromatic nitrogens is 1. The van der Waals surface area contributed by atoms with Gasteiger partial charge in [-0.3, -0.25) is 0 Å². The summed E-state index contributed by atoms with van der Waals surface area (Å²) in [6, 6.07) is 9.65. The summed E-state index contributed by atoms with van der Waals surface area (Å²) in [6.07, 6.45) is 1.63. The Hall–Kier alpha value is -2.54. The van der Waals surface area contributed by atoms with Gasteiger partial charge in [-0.15, -0.1) is 0 Å². The first-order valence-electron chi connectivity index (χ1n) is 8.75. The molecule has 0 N–H and O–H groups in total. The van der Waals surface area contributed by atoms with E-state index in [1.54, 1.807) is 17.5 Å². The van der Waals surface area contributed by atoms with Crippen LogP contribution in [0.15, 0.2) is 51.0 Å². The summed E-state index contributed by atoms with van der Waals surface area (Å²) in [5, 5.41) is 4.57. The van der Waals surface area contributed by atoms with Crippen LogP contribution in [0.1, 0.15) is 33.6 Å². The Morgan fingerprint density at radius 1 is 1.26 bits per heavy atom. The molecule has 3 rings (SSSR count). The van der Waals surface area contributed by atoms with Crippen LogP contribution < -0.4 is 0 Å². The lowest BCUT2D eigenvalue weighted by atomic mass is 9.88. The number of ether oxygens (including phenoxy) is 1. The van der Waals surface area contributed by atoms with E-state index in [-0.39, 0.29) is 17.9 Å². The molecule has 0 amide bonds. The molecule has 27 heavy (non-hydrogen) atoms. The highest BCUT2D eigenvalue weighted by Gasteiger charge is 2.36. The van der Waals surface area contributed by atoms with Crippen molar-refractivity contribution in [1.29, 1.82) is 0 Å². The lowest BCUT2D eigenvalue weighted by molar-refractivity contribution is -0.136. The first-order valence-corrected chi connectivity index (χ1v) is 9.52. The zero-order chi connectivity index (χ0) is 19.6. The van der Waals surface area contributed by atoms with Crippen molar-refractivity contribution in [3.8, 4) is 11.3 Å². The third-order valence-corrected chi connectivity index (χ3v) is 4.80. The van der Waals surface area contributed by atoms with Gasteiger partial charge in [-0.2, -0.15) is 5.10 Å². The largest absolute Gasteiger partial charge is 0.462 e. The Kier molecular flexibility index (Phi) is 5.41. The molecule has 0 atom stereocenters. The number of esters is 1. The van der Waals surface area contributed by atoms with Crippen molar-refractivity contribution < 1.29 is 13.9 Å². The Labute approximate surface area is 163 Å². The Morgan fingerprint density at radius 2 is 1.96 bits per heavy atom. The molecule has 1 aliphatic heterocycles. The van der Waals surface area contributed by atoms with E-state index in [4.69, 9.17) is 9.15 Å². The standard InChI is InChI=1S/C20H23N3O3S/c1-6-25-19(24)15(16-17(20(2,3)4)22-23(5)27-16)18-21-12-14(26-18)13-10-8-7-9-11-13/h7-12H,6H2,1-5H3/b16-15-. The number of oxazole rings is 1. The van der Waals surface area contributed by atoms with Crippen molar-refractivity contribution in [3.05, 3.63) is 47.3 Å². The van der Waals surface area contributed by atoms with E-state index in [9.17, 15) is 4.79 Å². The maximum atomic E-state index is 12.8. The van der Waals surface area contributed by atoms with Crippen molar-refractivity contribution >= 4 is 29.2 Å². The molecule has 0 saturated heterocycles. The molecular weight excluding hydrogens is 362 g/mol. The molecule has 0 radical (unpaired) electrons. The second kappa shape index (κ2) is 7.60. The van der Waals surface area contributed by atoms with Crippen molar-refractivity contribution in [1.82, 2.24) is 9.40 Å². The Bertz CT molecular complexity index is 895. The van der Waals surface area contributed by atoms with Crippen LogP contribution in [-0.2, 0) is 9.53 Å². The number of nitrogens with zero attached hydrogens (tertiary/aromatic N) is 3. The molecule has 0 unspecified atom stereocenters. The van der Waals surface area contributed by atoms with E-state index in [2.05, 4.69) is 30.9 Å². The van der Waals surface area contributed by atoms with E-state index in [1.165, 1.54) is 11.9 Å². The van der Waals surface area contributed by atoms with Gasteiger partial charge in [0.25, 0.3) is 0 Å². The van der Waals surface area contributed by atoms with E-state index in [0.29, 0.717) is 16.2 Å². The van der Waals surface area contributed by atoms with Gasteiger partial charge in [-0.1, -0.05) is 51.1 Å². The first kappa shape index (κ1) is 19.2. The Balaban J connectivity index is 2.12. The molecule has 0 spiro atoms. The number of hydrazone groups is 1. The van der Waals surface area contributed by atoms with Crippen LogP contribution in [0.2, 0.25) is 0 Å². The molecule has 1 aliphatic rings. The molecule has 0 saturated carbocycles. The van der Waals surface area contributed by atoms with Crippen molar-refractivity contribution in [2.45, 2.75) is 27.7 Å². The number of rotatable bonds is 4. The second-order valence-electron chi connectivity index (χ2n) is 7.07. The van der Waals surface area contributed by atoms with Crippen molar-refractivity contribution in [2.75, 3.05) is 13.7 Å². The Morgan fingerprint density at radius 3 is 2.59 bits per heavy atom. The normalized spacial score (nSPS) is 16.3. The molecule has 1 aromatic carbocycles. The van der Waals surface area contributed by atoms with E-state index in [0.717, 1.165) is 11.3 Å². The van der Waals surface area contributed by atoms with Gasteiger partial charge >= 0.3 is 5.97 Å². The zero-order valence-electron chi connectivity index (χ0n) is 16.1. The topological polar surface area (TPSA) is 67.9 Å². The van der Waals surface area contributed by atoms with Crippen LogP contribution in [0.3, 0.4) is 0 Å². The maximum absolute atomic E-state index is 12.8. The number of hydrogen-bond acceptors (Lipinski definition) is 7. The number of carbonyl (C=O) groups is 1. The van der Waals surface area contributed by atoms with Crippen LogP contribution >= 0.6 is 11.9 Å². The monoisotopic (exact) mass is 385 g/mol. The smallest absolute Gasteiger partial charge is 0.344 e.